The SMILES string of the molecule is CCONS(=O)(=O)c1cnc(CC)[nH]1. The fraction of sp³-hybridized carbons (Fsp3) is 0.571. The van der Waals surface area contributed by atoms with Crippen LogP contribution in [0.25, 0.3) is 0 Å². The number of rotatable bonds is 5. The molecule has 0 fully saturated rings. The van der Waals surface area contributed by atoms with Crippen molar-refractivity contribution in [3.05, 3.63) is 12.0 Å². The van der Waals surface area contributed by atoms with E-state index in [9.17, 15) is 8.42 Å². The van der Waals surface area contributed by atoms with Gasteiger partial charge in [0.2, 0.25) is 0 Å². The average Bonchev–Trinajstić information content (AvgIpc) is 2.63. The van der Waals surface area contributed by atoms with E-state index < -0.39 is 10.0 Å². The fourth-order valence-electron chi connectivity index (χ4n) is 0.841. The highest BCUT2D eigenvalue weighted by molar-refractivity contribution is 7.89. The first-order valence-electron chi connectivity index (χ1n) is 4.27. The summed E-state index contributed by atoms with van der Waals surface area (Å²) in [6.45, 7) is 3.84. The summed E-state index contributed by atoms with van der Waals surface area (Å²) in [5.41, 5.74) is 0. The second-order valence-electron chi connectivity index (χ2n) is 2.57. The number of aryl methyl sites for hydroxylation is 1. The van der Waals surface area contributed by atoms with Gasteiger partial charge in [-0.05, 0) is 6.92 Å². The molecule has 1 rings (SSSR count). The number of aromatic nitrogens is 2. The van der Waals surface area contributed by atoms with Gasteiger partial charge in [-0.3, -0.25) is 4.84 Å². The van der Waals surface area contributed by atoms with Gasteiger partial charge >= 0.3 is 0 Å². The van der Waals surface area contributed by atoms with Crippen LogP contribution in [0, 0.1) is 0 Å². The van der Waals surface area contributed by atoms with Crippen LogP contribution in [0.4, 0.5) is 0 Å². The highest BCUT2D eigenvalue weighted by Crippen LogP contribution is 2.05. The van der Waals surface area contributed by atoms with Crippen LogP contribution in [-0.2, 0) is 21.3 Å². The number of hydrogen-bond acceptors (Lipinski definition) is 4. The molecule has 1 heterocycles. The summed E-state index contributed by atoms with van der Waals surface area (Å²) >= 11 is 0. The minimum Gasteiger partial charge on any atom is -0.332 e. The standard InChI is InChI=1S/C7H13N3O3S/c1-3-6-8-5-7(9-6)14(11,12)10-13-4-2/h5,10H,3-4H2,1-2H3,(H,8,9). The van der Waals surface area contributed by atoms with Crippen molar-refractivity contribution >= 4 is 10.0 Å². The van der Waals surface area contributed by atoms with Crippen LogP contribution in [-0.4, -0.2) is 25.0 Å². The van der Waals surface area contributed by atoms with E-state index in [1.54, 1.807) is 6.92 Å². The first kappa shape index (κ1) is 11.2. The van der Waals surface area contributed by atoms with E-state index >= 15 is 0 Å². The van der Waals surface area contributed by atoms with Crippen LogP contribution in [0.15, 0.2) is 11.2 Å². The molecular weight excluding hydrogens is 206 g/mol. The highest BCUT2D eigenvalue weighted by atomic mass is 32.2. The summed E-state index contributed by atoms with van der Waals surface area (Å²) in [4.78, 5) is 13.1. The molecule has 6 nitrogen and oxygen atoms in total. The molecule has 0 spiro atoms. The molecule has 0 amide bonds. The van der Waals surface area contributed by atoms with E-state index in [4.69, 9.17) is 0 Å². The zero-order valence-corrected chi connectivity index (χ0v) is 8.89. The Hall–Kier alpha value is -0.920. The normalized spacial score (nSPS) is 11.9. The number of hydrogen-bond donors (Lipinski definition) is 2. The molecule has 0 aromatic carbocycles. The summed E-state index contributed by atoms with van der Waals surface area (Å²) in [6.07, 6.45) is 1.92. The van der Waals surface area contributed by atoms with Crippen molar-refractivity contribution in [2.75, 3.05) is 6.61 Å². The predicted molar refractivity (Wildman–Crippen MR) is 49.9 cm³/mol. The largest absolute Gasteiger partial charge is 0.332 e. The Kier molecular flexibility index (Phi) is 3.62. The molecule has 0 unspecified atom stereocenters. The molecule has 7 heteroatoms. The Balaban J connectivity index is 2.81. The smallest absolute Gasteiger partial charge is 0.279 e. The summed E-state index contributed by atoms with van der Waals surface area (Å²) < 4.78 is 22.8. The van der Waals surface area contributed by atoms with Crippen molar-refractivity contribution in [1.82, 2.24) is 14.9 Å². The van der Waals surface area contributed by atoms with Crippen LogP contribution in [0.2, 0.25) is 0 Å². The average molecular weight is 219 g/mol. The molecule has 1 aromatic heterocycles. The lowest BCUT2D eigenvalue weighted by Crippen LogP contribution is -2.24. The van der Waals surface area contributed by atoms with E-state index in [0.29, 0.717) is 12.2 Å². The topological polar surface area (TPSA) is 84.1 Å². The number of aromatic amines is 1. The van der Waals surface area contributed by atoms with Crippen LogP contribution in [0.5, 0.6) is 0 Å². The molecule has 0 radical (unpaired) electrons. The third-order valence-corrected chi connectivity index (χ3v) is 2.67. The number of imidazole rings is 1. The van der Waals surface area contributed by atoms with Gasteiger partial charge in [0.1, 0.15) is 5.82 Å². The molecule has 80 valence electrons. The molecule has 1 aromatic rings. The molecule has 0 bridgehead atoms. The second-order valence-corrected chi connectivity index (χ2v) is 4.18. The minimum atomic E-state index is -3.60. The lowest BCUT2D eigenvalue weighted by Gasteiger charge is -2.01. The van der Waals surface area contributed by atoms with E-state index in [2.05, 4.69) is 14.8 Å². The van der Waals surface area contributed by atoms with Gasteiger partial charge < -0.3 is 4.98 Å². The number of nitrogens with one attached hydrogen (secondary N) is 2. The van der Waals surface area contributed by atoms with E-state index in [0.717, 1.165) is 0 Å². The third-order valence-electron chi connectivity index (χ3n) is 1.54. The van der Waals surface area contributed by atoms with Gasteiger partial charge in [0.25, 0.3) is 10.0 Å². The third kappa shape index (κ3) is 2.53. The predicted octanol–water partition coefficient (Wildman–Crippen LogP) is 0.202. The zero-order valence-electron chi connectivity index (χ0n) is 8.07. The first-order chi connectivity index (χ1) is 6.60. The van der Waals surface area contributed by atoms with E-state index in [1.165, 1.54) is 6.20 Å². The molecule has 2 N–H and O–H groups in total. The Morgan fingerprint density at radius 3 is 2.79 bits per heavy atom. The number of sulfonamides is 1. The van der Waals surface area contributed by atoms with Crippen molar-refractivity contribution in [3.63, 3.8) is 0 Å². The van der Waals surface area contributed by atoms with E-state index in [-0.39, 0.29) is 11.6 Å². The minimum absolute atomic E-state index is 0.0165. The van der Waals surface area contributed by atoms with Gasteiger partial charge in [-0.15, -0.1) is 0 Å². The van der Waals surface area contributed by atoms with E-state index in [1.807, 2.05) is 11.8 Å². The van der Waals surface area contributed by atoms with Crippen molar-refractivity contribution in [1.29, 1.82) is 0 Å². The van der Waals surface area contributed by atoms with Crippen LogP contribution >= 0.6 is 0 Å². The summed E-state index contributed by atoms with van der Waals surface area (Å²) in [6, 6.07) is 0. The lowest BCUT2D eigenvalue weighted by molar-refractivity contribution is 0.105. The quantitative estimate of drug-likeness (QED) is 0.693. The molecule has 0 atom stereocenters. The molecule has 0 saturated heterocycles. The molecular formula is C7H13N3O3S. The molecule has 0 aliphatic rings. The maximum atomic E-state index is 11.4. The second kappa shape index (κ2) is 4.54. The van der Waals surface area contributed by atoms with Crippen molar-refractivity contribution < 1.29 is 13.3 Å². The van der Waals surface area contributed by atoms with Gasteiger partial charge in [-0.1, -0.05) is 11.8 Å². The lowest BCUT2D eigenvalue weighted by atomic mass is 10.5. The molecule has 0 aliphatic carbocycles. The molecule has 14 heavy (non-hydrogen) atoms. The maximum absolute atomic E-state index is 11.4. The van der Waals surface area contributed by atoms with Crippen LogP contribution in [0.1, 0.15) is 19.7 Å². The van der Waals surface area contributed by atoms with Crippen molar-refractivity contribution in [2.45, 2.75) is 25.3 Å². The van der Waals surface area contributed by atoms with Crippen molar-refractivity contribution in [2.24, 2.45) is 0 Å². The van der Waals surface area contributed by atoms with Crippen LogP contribution < -0.4 is 4.89 Å². The number of nitrogens with zero attached hydrogens (tertiary/aromatic N) is 1. The van der Waals surface area contributed by atoms with Gasteiger partial charge in [0.05, 0.1) is 12.8 Å². The summed E-state index contributed by atoms with van der Waals surface area (Å²) in [5.74, 6) is 0.627. The monoisotopic (exact) mass is 219 g/mol. The van der Waals surface area contributed by atoms with Gasteiger partial charge in [-0.2, -0.15) is 0 Å². The number of H-pyrrole nitrogens is 1. The summed E-state index contributed by atoms with van der Waals surface area (Å²) in [5, 5.41) is 0.0165. The van der Waals surface area contributed by atoms with Crippen molar-refractivity contribution in [3.8, 4) is 0 Å². The fourth-order valence-corrected chi connectivity index (χ4v) is 1.65. The Morgan fingerprint density at radius 2 is 2.29 bits per heavy atom. The van der Waals surface area contributed by atoms with Gasteiger partial charge in [0.15, 0.2) is 5.03 Å². The maximum Gasteiger partial charge on any atom is 0.279 e. The van der Waals surface area contributed by atoms with Crippen LogP contribution in [0.3, 0.4) is 0 Å². The Bertz CT molecular complexity index is 385. The zero-order chi connectivity index (χ0) is 10.6. The van der Waals surface area contributed by atoms with Gasteiger partial charge in [0, 0.05) is 6.42 Å². The molecule has 0 saturated carbocycles. The molecule has 0 aliphatic heterocycles. The first-order valence-corrected chi connectivity index (χ1v) is 5.76. The Morgan fingerprint density at radius 1 is 1.57 bits per heavy atom. The van der Waals surface area contributed by atoms with Gasteiger partial charge in [-0.25, -0.2) is 13.4 Å². The highest BCUT2D eigenvalue weighted by Gasteiger charge is 2.16. The summed E-state index contributed by atoms with van der Waals surface area (Å²) in [7, 11) is -3.60. The Labute approximate surface area is 82.7 Å².